The zero-order chi connectivity index (χ0) is 17.5. The second-order valence-electron chi connectivity index (χ2n) is 6.06. The molecule has 0 atom stereocenters. The molecule has 0 aliphatic carbocycles. The van der Waals surface area contributed by atoms with Crippen molar-refractivity contribution in [1.29, 1.82) is 0 Å². The molecule has 0 spiro atoms. The first-order valence-electron chi connectivity index (χ1n) is 8.29. The van der Waals surface area contributed by atoms with Gasteiger partial charge in [0.1, 0.15) is 5.82 Å². The fourth-order valence-corrected chi connectivity index (χ4v) is 2.32. The minimum absolute atomic E-state index is 0.165. The lowest BCUT2D eigenvalue weighted by Crippen LogP contribution is -2.50. The second kappa shape index (κ2) is 8.47. The van der Waals surface area contributed by atoms with E-state index in [1.807, 2.05) is 0 Å². The molecule has 1 N–H and O–H groups in total. The largest absolute Gasteiger partial charge is 0.450 e. The number of carbonyl (C=O) groups excluding carboxylic acids is 2. The Labute approximate surface area is 142 Å². The van der Waals surface area contributed by atoms with E-state index in [-0.39, 0.29) is 12.0 Å². The zero-order valence-electron chi connectivity index (χ0n) is 14.5. The predicted molar refractivity (Wildman–Crippen MR) is 89.9 cm³/mol. The van der Waals surface area contributed by atoms with Gasteiger partial charge in [-0.2, -0.15) is 0 Å². The first-order valence-corrected chi connectivity index (χ1v) is 8.29. The number of ether oxygens (including phenoxy) is 1. The van der Waals surface area contributed by atoms with E-state index in [1.165, 1.54) is 0 Å². The maximum atomic E-state index is 12.4. The van der Waals surface area contributed by atoms with Crippen molar-refractivity contribution in [2.45, 2.75) is 20.8 Å². The number of nitrogens with one attached hydrogen (secondary N) is 1. The maximum Gasteiger partial charge on any atom is 0.409 e. The fourth-order valence-electron chi connectivity index (χ4n) is 2.32. The summed E-state index contributed by atoms with van der Waals surface area (Å²) in [4.78, 5) is 27.4. The summed E-state index contributed by atoms with van der Waals surface area (Å²) in [7, 11) is 0. The van der Waals surface area contributed by atoms with E-state index in [4.69, 9.17) is 4.74 Å². The summed E-state index contributed by atoms with van der Waals surface area (Å²) in [6, 6.07) is 3.44. The minimum atomic E-state index is -0.329. The van der Waals surface area contributed by atoms with Crippen molar-refractivity contribution in [3.8, 4) is 0 Å². The highest BCUT2D eigenvalue weighted by molar-refractivity contribution is 5.92. The first kappa shape index (κ1) is 18.0. The molecule has 24 heavy (non-hydrogen) atoms. The smallest absolute Gasteiger partial charge is 0.409 e. The van der Waals surface area contributed by atoms with Crippen LogP contribution in [-0.2, 0) is 4.74 Å². The molecule has 1 aromatic heterocycles. The molecule has 132 valence electrons. The van der Waals surface area contributed by atoms with E-state index in [0.717, 1.165) is 6.54 Å². The van der Waals surface area contributed by atoms with Crippen LogP contribution in [0.25, 0.3) is 0 Å². The van der Waals surface area contributed by atoms with Gasteiger partial charge < -0.3 is 19.9 Å². The summed E-state index contributed by atoms with van der Waals surface area (Å²) >= 11 is 0. The van der Waals surface area contributed by atoms with Crippen LogP contribution in [0.5, 0.6) is 0 Å². The highest BCUT2D eigenvalue weighted by Gasteiger charge is 2.26. The highest BCUT2D eigenvalue weighted by atomic mass is 16.6. The Balaban J connectivity index is 1.87. The van der Waals surface area contributed by atoms with Crippen LogP contribution in [0.15, 0.2) is 12.1 Å². The molecule has 0 radical (unpaired) electrons. The van der Waals surface area contributed by atoms with Gasteiger partial charge in [-0.05, 0) is 25.0 Å². The van der Waals surface area contributed by atoms with Gasteiger partial charge in [-0.25, -0.2) is 4.79 Å². The molecular weight excluding hydrogens is 310 g/mol. The minimum Gasteiger partial charge on any atom is -0.450 e. The van der Waals surface area contributed by atoms with Crippen molar-refractivity contribution in [1.82, 2.24) is 20.0 Å². The lowest BCUT2D eigenvalue weighted by Gasteiger charge is -2.33. The molecule has 0 aromatic carbocycles. The summed E-state index contributed by atoms with van der Waals surface area (Å²) in [5.41, 5.74) is 0.315. The van der Waals surface area contributed by atoms with Crippen molar-refractivity contribution in [3.05, 3.63) is 17.8 Å². The topological polar surface area (TPSA) is 87.7 Å². The Kier molecular flexibility index (Phi) is 6.34. The number of aromatic nitrogens is 2. The van der Waals surface area contributed by atoms with Crippen molar-refractivity contribution in [2.24, 2.45) is 5.92 Å². The van der Waals surface area contributed by atoms with E-state index >= 15 is 0 Å². The summed E-state index contributed by atoms with van der Waals surface area (Å²) < 4.78 is 4.97. The standard InChI is InChI=1S/C16H25N5O3/c1-4-24-16(23)21-9-7-20(8-10-21)15(22)13-5-6-14(19-18-13)17-11-12(2)3/h5-6,12H,4,7-11H2,1-3H3,(H,17,19). The average molecular weight is 335 g/mol. The zero-order valence-corrected chi connectivity index (χ0v) is 14.5. The third-order valence-electron chi connectivity index (χ3n) is 3.67. The van der Waals surface area contributed by atoms with Crippen LogP contribution in [-0.4, -0.2) is 71.3 Å². The Bertz CT molecular complexity index is 553. The second-order valence-corrected chi connectivity index (χ2v) is 6.06. The molecule has 0 unspecified atom stereocenters. The molecule has 8 nitrogen and oxygen atoms in total. The van der Waals surface area contributed by atoms with Gasteiger partial charge in [0.05, 0.1) is 6.61 Å². The Morgan fingerprint density at radius 2 is 1.83 bits per heavy atom. The molecule has 2 amide bonds. The quantitative estimate of drug-likeness (QED) is 0.876. The Morgan fingerprint density at radius 3 is 2.38 bits per heavy atom. The number of amides is 2. The van der Waals surface area contributed by atoms with Crippen LogP contribution in [0.1, 0.15) is 31.3 Å². The third-order valence-corrected chi connectivity index (χ3v) is 3.67. The molecule has 1 aliphatic heterocycles. The molecule has 2 heterocycles. The molecule has 0 saturated carbocycles. The molecule has 2 rings (SSSR count). The van der Waals surface area contributed by atoms with Crippen LogP contribution in [0, 0.1) is 5.92 Å². The van der Waals surface area contributed by atoms with Crippen molar-refractivity contribution < 1.29 is 14.3 Å². The number of rotatable bonds is 5. The molecule has 8 heteroatoms. The van der Waals surface area contributed by atoms with Gasteiger partial charge in [-0.1, -0.05) is 13.8 Å². The SMILES string of the molecule is CCOC(=O)N1CCN(C(=O)c2ccc(NCC(C)C)nn2)CC1. The normalized spacial score (nSPS) is 14.7. The van der Waals surface area contributed by atoms with Crippen LogP contribution in [0.3, 0.4) is 0 Å². The van der Waals surface area contributed by atoms with Gasteiger partial charge in [-0.3, -0.25) is 4.79 Å². The maximum absolute atomic E-state index is 12.4. The van der Waals surface area contributed by atoms with Crippen molar-refractivity contribution in [3.63, 3.8) is 0 Å². The van der Waals surface area contributed by atoms with Crippen molar-refractivity contribution >= 4 is 17.8 Å². The fraction of sp³-hybridized carbons (Fsp3) is 0.625. The van der Waals surface area contributed by atoms with Gasteiger partial charge in [0.2, 0.25) is 0 Å². The predicted octanol–water partition coefficient (Wildman–Crippen LogP) is 1.46. The number of piperazine rings is 1. The lowest BCUT2D eigenvalue weighted by molar-refractivity contribution is 0.0565. The summed E-state index contributed by atoms with van der Waals surface area (Å²) in [6.45, 7) is 9.00. The van der Waals surface area contributed by atoms with E-state index in [1.54, 1.807) is 28.9 Å². The van der Waals surface area contributed by atoms with E-state index in [9.17, 15) is 9.59 Å². The third kappa shape index (κ3) is 4.81. The van der Waals surface area contributed by atoms with Gasteiger partial charge in [0.25, 0.3) is 5.91 Å². The molecule has 1 saturated heterocycles. The Hall–Kier alpha value is -2.38. The van der Waals surface area contributed by atoms with Gasteiger partial charge in [-0.15, -0.1) is 10.2 Å². The van der Waals surface area contributed by atoms with Gasteiger partial charge in [0, 0.05) is 32.7 Å². The van der Waals surface area contributed by atoms with E-state index in [0.29, 0.717) is 50.2 Å². The van der Waals surface area contributed by atoms with Crippen LogP contribution >= 0.6 is 0 Å². The monoisotopic (exact) mass is 335 g/mol. The highest BCUT2D eigenvalue weighted by Crippen LogP contribution is 2.10. The number of hydrogen-bond acceptors (Lipinski definition) is 6. The number of carbonyl (C=O) groups is 2. The van der Waals surface area contributed by atoms with Gasteiger partial charge in [0.15, 0.2) is 5.69 Å². The van der Waals surface area contributed by atoms with Crippen LogP contribution in [0.4, 0.5) is 10.6 Å². The number of hydrogen-bond donors (Lipinski definition) is 1. The molecule has 1 fully saturated rings. The van der Waals surface area contributed by atoms with Crippen LogP contribution in [0.2, 0.25) is 0 Å². The summed E-state index contributed by atoms with van der Waals surface area (Å²) in [5, 5.41) is 11.2. The summed E-state index contributed by atoms with van der Waals surface area (Å²) in [5.74, 6) is 0.998. The van der Waals surface area contributed by atoms with Crippen molar-refractivity contribution in [2.75, 3.05) is 44.6 Å². The first-order chi connectivity index (χ1) is 11.5. The number of nitrogens with zero attached hydrogens (tertiary/aromatic N) is 4. The van der Waals surface area contributed by atoms with Gasteiger partial charge >= 0.3 is 6.09 Å². The molecule has 0 bridgehead atoms. The van der Waals surface area contributed by atoms with Crippen LogP contribution < -0.4 is 5.32 Å². The molecule has 1 aliphatic rings. The lowest BCUT2D eigenvalue weighted by atomic mass is 10.2. The van der Waals surface area contributed by atoms with E-state index < -0.39 is 0 Å². The average Bonchev–Trinajstić information content (AvgIpc) is 2.60. The Morgan fingerprint density at radius 1 is 1.17 bits per heavy atom. The molecular formula is C16H25N5O3. The summed E-state index contributed by atoms with van der Waals surface area (Å²) in [6.07, 6.45) is -0.329. The van der Waals surface area contributed by atoms with E-state index in [2.05, 4.69) is 29.4 Å². The number of anilines is 1. The molecule has 1 aromatic rings.